The Bertz CT molecular complexity index is 993. The van der Waals surface area contributed by atoms with Crippen LogP contribution in [0.15, 0.2) is 41.3 Å². The van der Waals surface area contributed by atoms with Gasteiger partial charge in [-0.1, -0.05) is 0 Å². The lowest BCUT2D eigenvalue weighted by molar-refractivity contribution is -0.120. The molecule has 0 bridgehead atoms. The average molecular weight is 422 g/mol. The first kappa shape index (κ1) is 21.1. The zero-order chi connectivity index (χ0) is 21.0. The molecule has 29 heavy (non-hydrogen) atoms. The first-order chi connectivity index (χ1) is 13.8. The van der Waals surface area contributed by atoms with Crippen molar-refractivity contribution in [2.45, 2.75) is 37.8 Å². The van der Waals surface area contributed by atoms with Gasteiger partial charge in [-0.3, -0.25) is 4.79 Å². The molecule has 156 valence electrons. The molecule has 7 nitrogen and oxygen atoms in total. The molecule has 2 aromatic rings. The van der Waals surface area contributed by atoms with Gasteiger partial charge in [0, 0.05) is 24.1 Å². The highest BCUT2D eigenvalue weighted by Gasteiger charge is 2.22. The summed E-state index contributed by atoms with van der Waals surface area (Å²) >= 11 is 0. The van der Waals surface area contributed by atoms with E-state index in [0.717, 1.165) is 47.6 Å². The minimum Gasteiger partial charge on any atom is -0.494 e. The summed E-state index contributed by atoms with van der Waals surface area (Å²) < 4.78 is 50.9. The third kappa shape index (κ3) is 5.24. The Kier molecular flexibility index (Phi) is 6.39. The van der Waals surface area contributed by atoms with Crippen LogP contribution < -0.4 is 19.5 Å². The van der Waals surface area contributed by atoms with Crippen molar-refractivity contribution in [3.8, 4) is 11.5 Å². The van der Waals surface area contributed by atoms with Crippen molar-refractivity contribution < 1.29 is 27.1 Å². The summed E-state index contributed by atoms with van der Waals surface area (Å²) in [7, 11) is -3.91. The Balaban J connectivity index is 1.60. The number of amides is 1. The van der Waals surface area contributed by atoms with E-state index in [9.17, 15) is 17.6 Å². The van der Waals surface area contributed by atoms with Gasteiger partial charge < -0.3 is 14.8 Å². The second kappa shape index (κ2) is 8.79. The Labute approximate surface area is 169 Å². The molecule has 2 aromatic carbocycles. The van der Waals surface area contributed by atoms with Gasteiger partial charge in [-0.15, -0.1) is 0 Å². The van der Waals surface area contributed by atoms with Crippen molar-refractivity contribution in [2.24, 2.45) is 0 Å². The van der Waals surface area contributed by atoms with E-state index < -0.39 is 28.3 Å². The molecule has 0 fully saturated rings. The fourth-order valence-corrected chi connectivity index (χ4v) is 4.01. The smallest absolute Gasteiger partial charge is 0.241 e. The monoisotopic (exact) mass is 422 g/mol. The number of benzene rings is 2. The molecule has 1 heterocycles. The molecular weight excluding hydrogens is 399 g/mol. The van der Waals surface area contributed by atoms with Crippen LogP contribution in [0.3, 0.4) is 0 Å². The molecule has 3 rings (SSSR count). The molecule has 0 saturated heterocycles. The van der Waals surface area contributed by atoms with Gasteiger partial charge in [-0.2, -0.15) is 0 Å². The number of carbonyl (C=O) groups excluding carboxylic acids is 1. The van der Waals surface area contributed by atoms with Gasteiger partial charge in [0.2, 0.25) is 15.9 Å². The van der Waals surface area contributed by atoms with Crippen LogP contribution in [0.2, 0.25) is 0 Å². The van der Waals surface area contributed by atoms with E-state index in [4.69, 9.17) is 9.47 Å². The second-order valence-electron chi connectivity index (χ2n) is 6.69. The van der Waals surface area contributed by atoms with E-state index in [1.54, 1.807) is 0 Å². The Morgan fingerprint density at radius 3 is 2.69 bits per heavy atom. The quantitative estimate of drug-likeness (QED) is 0.680. The lowest BCUT2D eigenvalue weighted by Crippen LogP contribution is -2.36. The summed E-state index contributed by atoms with van der Waals surface area (Å²) in [6.45, 7) is 4.06. The summed E-state index contributed by atoms with van der Waals surface area (Å²) in [5, 5.41) is 2.67. The highest BCUT2D eigenvalue weighted by Crippen LogP contribution is 2.35. The predicted octanol–water partition coefficient (Wildman–Crippen LogP) is 2.14. The third-order valence-corrected chi connectivity index (χ3v) is 5.82. The van der Waals surface area contributed by atoms with Crippen LogP contribution >= 0.6 is 0 Å². The normalized spacial score (nSPS) is 15.5. The number of nitrogens with one attached hydrogen (secondary N) is 2. The number of carbonyl (C=O) groups is 1. The number of ether oxygens (including phenoxy) is 2. The number of rotatable bonds is 8. The van der Waals surface area contributed by atoms with Crippen molar-refractivity contribution >= 4 is 15.9 Å². The lowest BCUT2D eigenvalue weighted by Gasteiger charge is -2.13. The second-order valence-corrected chi connectivity index (χ2v) is 8.46. The molecule has 1 aliphatic heterocycles. The summed E-state index contributed by atoms with van der Waals surface area (Å²) in [6.07, 6.45) is 0.887. The van der Waals surface area contributed by atoms with E-state index in [-0.39, 0.29) is 17.5 Å². The maximum atomic E-state index is 12.9. The molecule has 0 spiro atoms. The average Bonchev–Trinajstić information content (AvgIpc) is 3.04. The van der Waals surface area contributed by atoms with Crippen LogP contribution in [0.1, 0.15) is 25.0 Å². The van der Waals surface area contributed by atoms with Crippen LogP contribution in [0.4, 0.5) is 4.39 Å². The number of hydrogen-bond donors (Lipinski definition) is 2. The fourth-order valence-electron chi connectivity index (χ4n) is 3.02. The minimum atomic E-state index is -3.91. The molecule has 0 radical (unpaired) electrons. The molecule has 9 heteroatoms. The van der Waals surface area contributed by atoms with Crippen molar-refractivity contribution in [3.63, 3.8) is 0 Å². The standard InChI is InChI=1S/C20H23FN2O5S/c1-3-27-18-9-14-8-13(2)28-19(14)10-15(18)11-22-20(24)12-23-29(25,26)17-6-4-16(21)5-7-17/h4-7,9-10,13,23H,3,8,11-12H2,1-2H3,(H,22,24)/t13-/m1/s1. The molecule has 0 aromatic heterocycles. The minimum absolute atomic E-state index is 0.0881. The first-order valence-electron chi connectivity index (χ1n) is 9.25. The highest BCUT2D eigenvalue weighted by molar-refractivity contribution is 7.89. The van der Waals surface area contributed by atoms with Gasteiger partial charge in [0.1, 0.15) is 23.4 Å². The predicted molar refractivity (Wildman–Crippen MR) is 105 cm³/mol. The van der Waals surface area contributed by atoms with E-state index in [1.807, 2.05) is 26.0 Å². The number of halogens is 1. The molecule has 0 aliphatic carbocycles. The number of sulfonamides is 1. The van der Waals surface area contributed by atoms with Crippen molar-refractivity contribution in [1.82, 2.24) is 10.0 Å². The molecule has 1 amide bonds. The van der Waals surface area contributed by atoms with Gasteiger partial charge in [-0.25, -0.2) is 17.5 Å². The van der Waals surface area contributed by atoms with E-state index in [0.29, 0.717) is 12.4 Å². The Morgan fingerprint density at radius 1 is 1.28 bits per heavy atom. The fraction of sp³-hybridized carbons (Fsp3) is 0.350. The van der Waals surface area contributed by atoms with Crippen LogP contribution in [-0.4, -0.2) is 33.6 Å². The van der Waals surface area contributed by atoms with Crippen LogP contribution in [-0.2, 0) is 27.8 Å². The molecule has 0 unspecified atom stereocenters. The molecule has 0 saturated carbocycles. The molecule has 2 N–H and O–H groups in total. The van der Waals surface area contributed by atoms with Gasteiger partial charge in [0.15, 0.2) is 0 Å². The number of fused-ring (bicyclic) bond motifs is 1. The van der Waals surface area contributed by atoms with Crippen LogP contribution in [0.25, 0.3) is 0 Å². The zero-order valence-electron chi connectivity index (χ0n) is 16.2. The lowest BCUT2D eigenvalue weighted by atomic mass is 10.1. The summed E-state index contributed by atoms with van der Waals surface area (Å²) in [6, 6.07) is 8.11. The largest absolute Gasteiger partial charge is 0.494 e. The summed E-state index contributed by atoms with van der Waals surface area (Å²) in [5.41, 5.74) is 1.80. The van der Waals surface area contributed by atoms with E-state index in [1.165, 1.54) is 0 Å². The Hall–Kier alpha value is -2.65. The van der Waals surface area contributed by atoms with Gasteiger partial charge >= 0.3 is 0 Å². The van der Waals surface area contributed by atoms with Gasteiger partial charge in [-0.05, 0) is 50.2 Å². The van der Waals surface area contributed by atoms with Gasteiger partial charge in [0.05, 0.1) is 18.0 Å². The highest BCUT2D eigenvalue weighted by atomic mass is 32.2. The van der Waals surface area contributed by atoms with Crippen molar-refractivity contribution in [2.75, 3.05) is 13.2 Å². The molecular formula is C20H23FN2O5S. The summed E-state index contributed by atoms with van der Waals surface area (Å²) in [5.74, 6) is 0.380. The third-order valence-electron chi connectivity index (χ3n) is 4.40. The van der Waals surface area contributed by atoms with Crippen LogP contribution in [0.5, 0.6) is 11.5 Å². The SMILES string of the molecule is CCOc1cc2c(cc1CNC(=O)CNS(=O)(=O)c1ccc(F)cc1)O[C@H](C)C2. The molecule has 1 aliphatic rings. The zero-order valence-corrected chi connectivity index (χ0v) is 17.0. The topological polar surface area (TPSA) is 93.7 Å². The molecule has 1 atom stereocenters. The number of hydrogen-bond acceptors (Lipinski definition) is 5. The maximum absolute atomic E-state index is 12.9. The van der Waals surface area contributed by atoms with Crippen molar-refractivity contribution in [3.05, 3.63) is 53.3 Å². The van der Waals surface area contributed by atoms with E-state index in [2.05, 4.69) is 10.0 Å². The first-order valence-corrected chi connectivity index (χ1v) is 10.7. The van der Waals surface area contributed by atoms with Crippen molar-refractivity contribution in [1.29, 1.82) is 0 Å². The maximum Gasteiger partial charge on any atom is 0.241 e. The van der Waals surface area contributed by atoms with E-state index >= 15 is 0 Å². The van der Waals surface area contributed by atoms with Gasteiger partial charge in [0.25, 0.3) is 0 Å². The summed E-state index contributed by atoms with van der Waals surface area (Å²) in [4.78, 5) is 12.0. The Morgan fingerprint density at radius 2 is 2.00 bits per heavy atom. The van der Waals surface area contributed by atoms with Crippen LogP contribution in [0, 0.1) is 5.82 Å².